The van der Waals surface area contributed by atoms with Crippen LogP contribution in [0.2, 0.25) is 0 Å². The average molecular weight is 331 g/mol. The number of nitriles is 1. The van der Waals surface area contributed by atoms with Gasteiger partial charge in [0.2, 0.25) is 0 Å². The van der Waals surface area contributed by atoms with E-state index in [1.165, 1.54) is 0 Å². The molecule has 0 aliphatic heterocycles. The molecular formula is C16H17N3OS2. The first-order valence-corrected chi connectivity index (χ1v) is 8.45. The van der Waals surface area contributed by atoms with Gasteiger partial charge in [-0.1, -0.05) is 12.1 Å². The summed E-state index contributed by atoms with van der Waals surface area (Å²) in [7, 11) is 0. The Morgan fingerprint density at radius 3 is 2.77 bits per heavy atom. The Labute approximate surface area is 139 Å². The van der Waals surface area contributed by atoms with Gasteiger partial charge in [-0.05, 0) is 42.0 Å². The van der Waals surface area contributed by atoms with E-state index in [4.69, 9.17) is 21.9 Å². The van der Waals surface area contributed by atoms with Crippen LogP contribution in [0.3, 0.4) is 0 Å². The summed E-state index contributed by atoms with van der Waals surface area (Å²) in [5, 5.41) is 15.5. The molecule has 1 aromatic carbocycles. The molecule has 0 atom stereocenters. The van der Waals surface area contributed by atoms with E-state index in [1.54, 1.807) is 18.0 Å². The lowest BCUT2D eigenvalue weighted by Gasteiger charge is -2.10. The number of nitrogens with zero attached hydrogens (tertiary/aromatic N) is 1. The van der Waals surface area contributed by atoms with Gasteiger partial charge in [0.05, 0.1) is 24.5 Å². The lowest BCUT2D eigenvalue weighted by Crippen LogP contribution is -2.30. The maximum atomic E-state index is 8.63. The Kier molecular flexibility index (Phi) is 6.81. The average Bonchev–Trinajstić information content (AvgIpc) is 3.02. The van der Waals surface area contributed by atoms with Crippen molar-refractivity contribution in [3.8, 4) is 6.07 Å². The SMILES string of the molecule is N#CCc1ccc(NC(=S)NCCSCc2ccco2)cc1. The highest BCUT2D eigenvalue weighted by Gasteiger charge is 1.99. The second-order valence-electron chi connectivity index (χ2n) is 4.54. The van der Waals surface area contributed by atoms with Crippen LogP contribution in [0.15, 0.2) is 47.1 Å². The Balaban J connectivity index is 1.62. The van der Waals surface area contributed by atoms with Gasteiger partial charge >= 0.3 is 0 Å². The maximum absolute atomic E-state index is 8.63. The van der Waals surface area contributed by atoms with Crippen molar-refractivity contribution in [1.82, 2.24) is 5.32 Å². The molecule has 0 aliphatic rings. The van der Waals surface area contributed by atoms with Gasteiger partial charge in [0, 0.05) is 18.0 Å². The molecule has 0 unspecified atom stereocenters. The number of benzene rings is 1. The number of hydrogen-bond donors (Lipinski definition) is 2. The molecule has 22 heavy (non-hydrogen) atoms. The normalized spacial score (nSPS) is 9.95. The van der Waals surface area contributed by atoms with Crippen LogP contribution in [0.4, 0.5) is 5.69 Å². The Morgan fingerprint density at radius 2 is 2.09 bits per heavy atom. The minimum absolute atomic E-state index is 0.426. The number of hydrogen-bond acceptors (Lipinski definition) is 4. The lowest BCUT2D eigenvalue weighted by atomic mass is 10.1. The molecule has 1 heterocycles. The monoisotopic (exact) mass is 331 g/mol. The van der Waals surface area contributed by atoms with E-state index in [0.717, 1.165) is 35.1 Å². The van der Waals surface area contributed by atoms with Crippen LogP contribution >= 0.6 is 24.0 Å². The summed E-state index contributed by atoms with van der Waals surface area (Å²) >= 11 is 7.04. The number of anilines is 1. The fourth-order valence-electron chi connectivity index (χ4n) is 1.78. The lowest BCUT2D eigenvalue weighted by molar-refractivity contribution is 0.530. The summed E-state index contributed by atoms with van der Waals surface area (Å²) in [6, 6.07) is 13.7. The van der Waals surface area contributed by atoms with Crippen molar-refractivity contribution in [2.24, 2.45) is 0 Å². The van der Waals surface area contributed by atoms with Gasteiger partial charge in [0.25, 0.3) is 0 Å². The molecule has 0 aliphatic carbocycles. The molecule has 0 fully saturated rings. The predicted molar refractivity (Wildman–Crippen MR) is 94.9 cm³/mol. The molecule has 0 saturated heterocycles. The zero-order chi connectivity index (χ0) is 15.6. The first-order chi connectivity index (χ1) is 10.8. The number of nitrogens with one attached hydrogen (secondary N) is 2. The highest BCUT2D eigenvalue weighted by molar-refractivity contribution is 7.98. The Hall–Kier alpha value is -1.97. The van der Waals surface area contributed by atoms with Crippen LogP contribution in [0.1, 0.15) is 11.3 Å². The smallest absolute Gasteiger partial charge is 0.170 e. The zero-order valence-electron chi connectivity index (χ0n) is 12.0. The molecule has 0 spiro atoms. The van der Waals surface area contributed by atoms with Gasteiger partial charge in [0.15, 0.2) is 5.11 Å². The van der Waals surface area contributed by atoms with Crippen molar-refractivity contribution in [3.63, 3.8) is 0 Å². The molecule has 2 N–H and O–H groups in total. The van der Waals surface area contributed by atoms with E-state index in [0.29, 0.717) is 11.5 Å². The number of furan rings is 1. The van der Waals surface area contributed by atoms with Crippen molar-refractivity contribution in [2.75, 3.05) is 17.6 Å². The van der Waals surface area contributed by atoms with Gasteiger partial charge < -0.3 is 15.1 Å². The highest BCUT2D eigenvalue weighted by atomic mass is 32.2. The summed E-state index contributed by atoms with van der Waals surface area (Å²) in [4.78, 5) is 0. The van der Waals surface area contributed by atoms with E-state index >= 15 is 0 Å². The standard InChI is InChI=1S/C16H17N3OS2/c17-8-7-13-3-5-14(6-4-13)19-16(21)18-9-11-22-12-15-2-1-10-20-15/h1-6,10H,7,9,11-12H2,(H2,18,19,21). The summed E-state index contributed by atoms with van der Waals surface area (Å²) < 4.78 is 5.27. The van der Waals surface area contributed by atoms with Crippen LogP contribution in [0.5, 0.6) is 0 Å². The third kappa shape index (κ3) is 5.80. The summed E-state index contributed by atoms with van der Waals surface area (Å²) in [6.45, 7) is 0.795. The second kappa shape index (κ2) is 9.13. The van der Waals surface area contributed by atoms with Gasteiger partial charge in [-0.2, -0.15) is 17.0 Å². The molecule has 6 heteroatoms. The predicted octanol–water partition coefficient (Wildman–Crippen LogP) is 3.57. The third-order valence-corrected chi connectivity index (χ3v) is 4.08. The second-order valence-corrected chi connectivity index (χ2v) is 6.06. The number of thiocarbonyl (C=S) groups is 1. The van der Waals surface area contributed by atoms with Crippen molar-refractivity contribution in [1.29, 1.82) is 5.26 Å². The highest BCUT2D eigenvalue weighted by Crippen LogP contribution is 2.12. The first kappa shape index (κ1) is 16.4. The van der Waals surface area contributed by atoms with Gasteiger partial charge in [-0.3, -0.25) is 0 Å². The van der Waals surface area contributed by atoms with E-state index in [9.17, 15) is 0 Å². The van der Waals surface area contributed by atoms with Crippen LogP contribution in [0.25, 0.3) is 0 Å². The van der Waals surface area contributed by atoms with Crippen LogP contribution in [-0.4, -0.2) is 17.4 Å². The number of rotatable bonds is 7. The zero-order valence-corrected chi connectivity index (χ0v) is 13.7. The van der Waals surface area contributed by atoms with E-state index in [1.807, 2.05) is 36.4 Å². The molecule has 1 aromatic heterocycles. The van der Waals surface area contributed by atoms with Gasteiger partial charge in [-0.25, -0.2) is 0 Å². The van der Waals surface area contributed by atoms with Crippen LogP contribution in [-0.2, 0) is 12.2 Å². The minimum atomic E-state index is 0.426. The minimum Gasteiger partial charge on any atom is -0.468 e. The van der Waals surface area contributed by atoms with E-state index < -0.39 is 0 Å². The first-order valence-electron chi connectivity index (χ1n) is 6.89. The van der Waals surface area contributed by atoms with Crippen molar-refractivity contribution >= 4 is 34.8 Å². The Bertz CT molecular complexity index is 618. The van der Waals surface area contributed by atoms with Crippen LogP contribution < -0.4 is 10.6 Å². The van der Waals surface area contributed by atoms with Crippen molar-refractivity contribution in [2.45, 2.75) is 12.2 Å². The topological polar surface area (TPSA) is 61.0 Å². The van der Waals surface area contributed by atoms with E-state index in [2.05, 4.69) is 16.7 Å². The molecule has 0 radical (unpaired) electrons. The molecule has 2 aromatic rings. The fraction of sp³-hybridized carbons (Fsp3) is 0.250. The molecule has 0 saturated carbocycles. The molecular weight excluding hydrogens is 314 g/mol. The molecule has 0 bridgehead atoms. The Morgan fingerprint density at radius 1 is 1.27 bits per heavy atom. The summed E-state index contributed by atoms with van der Waals surface area (Å²) in [6.07, 6.45) is 2.12. The maximum Gasteiger partial charge on any atom is 0.170 e. The quantitative estimate of drug-likeness (QED) is 0.597. The van der Waals surface area contributed by atoms with Gasteiger partial charge in [0.1, 0.15) is 5.76 Å². The van der Waals surface area contributed by atoms with Gasteiger partial charge in [-0.15, -0.1) is 0 Å². The summed E-state index contributed by atoms with van der Waals surface area (Å²) in [5.74, 6) is 2.81. The molecule has 4 nitrogen and oxygen atoms in total. The largest absolute Gasteiger partial charge is 0.468 e. The fourth-order valence-corrected chi connectivity index (χ4v) is 2.75. The summed E-state index contributed by atoms with van der Waals surface area (Å²) in [5.41, 5.74) is 1.92. The molecule has 114 valence electrons. The van der Waals surface area contributed by atoms with Crippen LogP contribution in [0, 0.1) is 11.3 Å². The molecule has 0 amide bonds. The van der Waals surface area contributed by atoms with Crippen molar-refractivity contribution in [3.05, 3.63) is 54.0 Å². The van der Waals surface area contributed by atoms with Crippen molar-refractivity contribution < 1.29 is 4.42 Å². The molecule has 2 rings (SSSR count). The van der Waals surface area contributed by atoms with E-state index in [-0.39, 0.29) is 0 Å². The number of thioether (sulfide) groups is 1. The third-order valence-electron chi connectivity index (χ3n) is 2.85.